The number of ether oxygens (including phenoxy) is 2. The molecule has 2 N–H and O–H groups in total. The third-order valence-corrected chi connectivity index (χ3v) is 9.90. The maximum atomic E-state index is 14.9. The number of benzene rings is 1. The number of hydrogen-bond acceptors (Lipinski definition) is 7. The highest BCUT2D eigenvalue weighted by Gasteiger charge is 2.75. The van der Waals surface area contributed by atoms with Crippen LogP contribution in [0.1, 0.15) is 52.0 Å². The first-order valence-electron chi connectivity index (χ1n) is 15.6. The van der Waals surface area contributed by atoms with Gasteiger partial charge in [0, 0.05) is 23.5 Å². The van der Waals surface area contributed by atoms with Crippen molar-refractivity contribution in [3.63, 3.8) is 0 Å². The highest BCUT2D eigenvalue weighted by Crippen LogP contribution is 2.59. The van der Waals surface area contributed by atoms with Gasteiger partial charge in [-0.2, -0.15) is 0 Å². The standard InChI is InChI=1S/C33H42BrN3O7/c1-4-11-20(2)36-15-10-6-9-14-25(39)35-18-21(3)43-32(42)26-27-30(40)37(23(19-38)16-22-12-7-5-8-13-22)29(31(36)41)33(27)17-24(34)28(26)44-33/h5-8,10,12-13,17,20-21,23,26-29,38H,4,9,11,14-16,18-19H2,1-3H3,(H,35,39)/b10-6-/t20?,21-,23-,26+,27-,28+,29+,33-/m1/s1. The Kier molecular flexibility index (Phi) is 9.96. The summed E-state index contributed by atoms with van der Waals surface area (Å²) in [5, 5.41) is 13.5. The van der Waals surface area contributed by atoms with E-state index in [4.69, 9.17) is 9.47 Å². The van der Waals surface area contributed by atoms with Crippen LogP contribution in [0.5, 0.6) is 0 Å². The van der Waals surface area contributed by atoms with Gasteiger partial charge in [-0.05, 0) is 44.7 Å². The number of hydrogen-bond donors (Lipinski definition) is 2. The Hall–Kier alpha value is -3.02. The zero-order valence-electron chi connectivity index (χ0n) is 25.5. The fourth-order valence-electron chi connectivity index (χ4n) is 7.14. The molecule has 1 spiro atoms. The summed E-state index contributed by atoms with van der Waals surface area (Å²) in [6.45, 7) is 5.75. The number of carbonyl (C=O) groups is 4. The van der Waals surface area contributed by atoms with Crippen LogP contribution < -0.4 is 5.32 Å². The molecule has 10 nitrogen and oxygen atoms in total. The number of carbonyl (C=O) groups excluding carboxylic acids is 4. The Morgan fingerprint density at radius 3 is 2.59 bits per heavy atom. The largest absolute Gasteiger partial charge is 0.460 e. The molecule has 5 bridgehead atoms. The first kappa shape index (κ1) is 32.4. The van der Waals surface area contributed by atoms with E-state index in [1.165, 1.54) is 4.90 Å². The predicted molar refractivity (Wildman–Crippen MR) is 166 cm³/mol. The van der Waals surface area contributed by atoms with E-state index in [0.29, 0.717) is 17.3 Å². The monoisotopic (exact) mass is 671 g/mol. The van der Waals surface area contributed by atoms with Crippen LogP contribution in [0.2, 0.25) is 0 Å². The number of nitrogens with zero attached hydrogens (tertiary/aromatic N) is 2. The van der Waals surface area contributed by atoms with E-state index >= 15 is 0 Å². The number of aliphatic hydroxyl groups is 1. The minimum Gasteiger partial charge on any atom is -0.460 e. The van der Waals surface area contributed by atoms with Crippen molar-refractivity contribution in [3.05, 3.63) is 58.6 Å². The zero-order valence-corrected chi connectivity index (χ0v) is 27.1. The molecule has 0 radical (unpaired) electrons. The molecule has 1 aromatic rings. The molecule has 2 saturated heterocycles. The summed E-state index contributed by atoms with van der Waals surface area (Å²) in [6, 6.07) is 7.51. The number of nitrogens with one attached hydrogen (secondary N) is 1. The van der Waals surface area contributed by atoms with Crippen molar-refractivity contribution in [1.82, 2.24) is 15.1 Å². The lowest BCUT2D eigenvalue weighted by molar-refractivity contribution is -0.159. The summed E-state index contributed by atoms with van der Waals surface area (Å²) >= 11 is 3.57. The average Bonchev–Trinajstić information content (AvgIpc) is 3.59. The van der Waals surface area contributed by atoms with Gasteiger partial charge in [0.25, 0.3) is 0 Å². The first-order chi connectivity index (χ1) is 21.1. The molecule has 44 heavy (non-hydrogen) atoms. The van der Waals surface area contributed by atoms with Crippen molar-refractivity contribution >= 4 is 39.6 Å². The van der Waals surface area contributed by atoms with E-state index in [-0.39, 0.29) is 44.0 Å². The van der Waals surface area contributed by atoms with E-state index in [1.54, 1.807) is 17.9 Å². The normalized spacial score (nSPS) is 33.0. The quantitative estimate of drug-likeness (QED) is 0.337. The molecular weight excluding hydrogens is 630 g/mol. The maximum absolute atomic E-state index is 14.9. The lowest BCUT2D eigenvalue weighted by Crippen LogP contribution is -2.60. The Bertz CT molecular complexity index is 1320. The van der Waals surface area contributed by atoms with Gasteiger partial charge >= 0.3 is 5.97 Å². The van der Waals surface area contributed by atoms with Crippen molar-refractivity contribution in [3.8, 4) is 0 Å². The summed E-state index contributed by atoms with van der Waals surface area (Å²) in [5.74, 6) is -3.54. The van der Waals surface area contributed by atoms with Gasteiger partial charge in [-0.3, -0.25) is 19.2 Å². The van der Waals surface area contributed by atoms with Gasteiger partial charge in [0.2, 0.25) is 17.7 Å². The van der Waals surface area contributed by atoms with Crippen LogP contribution in [0, 0.1) is 11.8 Å². The second-order valence-electron chi connectivity index (χ2n) is 12.3. The van der Waals surface area contributed by atoms with Crippen molar-refractivity contribution in [2.75, 3.05) is 19.7 Å². The number of likely N-dealkylation sites (tertiary alicyclic amines) is 1. The molecule has 1 unspecified atom stereocenters. The number of rotatable bonds is 7. The minimum absolute atomic E-state index is 0.131. The fraction of sp³-hybridized carbons (Fsp3) is 0.576. The van der Waals surface area contributed by atoms with Crippen molar-refractivity contribution in [2.24, 2.45) is 11.8 Å². The van der Waals surface area contributed by atoms with Gasteiger partial charge in [-0.25, -0.2) is 0 Å². The summed E-state index contributed by atoms with van der Waals surface area (Å²) in [6.07, 6.45) is 6.76. The second kappa shape index (κ2) is 13.5. The molecule has 4 heterocycles. The molecule has 4 aliphatic rings. The lowest BCUT2D eigenvalue weighted by atomic mass is 9.74. The molecular formula is C33H42BrN3O7. The van der Waals surface area contributed by atoms with E-state index in [9.17, 15) is 24.3 Å². The highest BCUT2D eigenvalue weighted by atomic mass is 79.9. The SMILES string of the molecule is CCCC(C)N1C/C=C\CCC(=O)NC[C@@H](C)OC(=O)[C@@H]2[C@H]3O[C@@]4(C=C3Br)[C@H](C1=O)N([C@@H](CO)Cc1ccccc1)C(=O)[C@@H]24. The molecule has 0 aliphatic carbocycles. The molecule has 3 amide bonds. The molecule has 8 atom stereocenters. The van der Waals surface area contributed by atoms with Gasteiger partial charge in [0.15, 0.2) is 0 Å². The van der Waals surface area contributed by atoms with E-state index in [1.807, 2.05) is 49.4 Å². The molecule has 2 fully saturated rings. The van der Waals surface area contributed by atoms with Crippen LogP contribution in [-0.4, -0.2) is 94.2 Å². The number of fused-ring (bicyclic) bond motifs is 2. The molecule has 0 saturated carbocycles. The Morgan fingerprint density at radius 1 is 1.14 bits per heavy atom. The summed E-state index contributed by atoms with van der Waals surface area (Å²) < 4.78 is 12.9. The van der Waals surface area contributed by atoms with Crippen LogP contribution in [0.15, 0.2) is 53.0 Å². The number of esters is 1. The number of halogens is 1. The summed E-state index contributed by atoms with van der Waals surface area (Å²) in [7, 11) is 0. The van der Waals surface area contributed by atoms with Gasteiger partial charge in [0.05, 0.1) is 25.1 Å². The van der Waals surface area contributed by atoms with Gasteiger partial charge in [-0.1, -0.05) is 71.8 Å². The second-order valence-corrected chi connectivity index (χ2v) is 13.2. The average molecular weight is 673 g/mol. The van der Waals surface area contributed by atoms with Crippen molar-refractivity contribution in [2.45, 2.75) is 88.8 Å². The minimum atomic E-state index is -1.43. The van der Waals surface area contributed by atoms with Crippen LogP contribution in [0.4, 0.5) is 0 Å². The maximum Gasteiger partial charge on any atom is 0.313 e. The zero-order chi connectivity index (χ0) is 31.6. The van der Waals surface area contributed by atoms with Crippen LogP contribution in [0.25, 0.3) is 0 Å². The van der Waals surface area contributed by atoms with Crippen LogP contribution in [0.3, 0.4) is 0 Å². The third kappa shape index (κ3) is 5.98. The Labute approximate surface area is 266 Å². The van der Waals surface area contributed by atoms with Gasteiger partial charge < -0.3 is 29.7 Å². The molecule has 238 valence electrons. The molecule has 11 heteroatoms. The topological polar surface area (TPSA) is 125 Å². The Morgan fingerprint density at radius 2 is 1.89 bits per heavy atom. The highest BCUT2D eigenvalue weighted by molar-refractivity contribution is 9.11. The summed E-state index contributed by atoms with van der Waals surface area (Å²) in [4.78, 5) is 58.9. The fourth-order valence-corrected chi connectivity index (χ4v) is 7.87. The number of amides is 3. The molecule has 5 rings (SSSR count). The number of cyclic esters (lactones) is 1. The molecule has 1 aromatic carbocycles. The Balaban J connectivity index is 1.62. The van der Waals surface area contributed by atoms with E-state index in [0.717, 1.165) is 18.4 Å². The number of allylic oxidation sites excluding steroid dienone is 1. The smallest absolute Gasteiger partial charge is 0.313 e. The van der Waals surface area contributed by atoms with Crippen molar-refractivity contribution < 1.29 is 33.8 Å². The van der Waals surface area contributed by atoms with Crippen molar-refractivity contribution in [1.29, 1.82) is 0 Å². The van der Waals surface area contributed by atoms with E-state index in [2.05, 4.69) is 28.2 Å². The summed E-state index contributed by atoms with van der Waals surface area (Å²) in [5.41, 5.74) is -0.521. The van der Waals surface area contributed by atoms with Crippen LogP contribution in [-0.2, 0) is 35.1 Å². The molecule has 4 aliphatic heterocycles. The predicted octanol–water partition coefficient (Wildman–Crippen LogP) is 2.88. The van der Waals surface area contributed by atoms with Crippen LogP contribution >= 0.6 is 15.9 Å². The van der Waals surface area contributed by atoms with Gasteiger partial charge in [0.1, 0.15) is 29.8 Å². The first-order valence-corrected chi connectivity index (χ1v) is 16.4. The third-order valence-electron chi connectivity index (χ3n) is 9.22. The number of aliphatic hydroxyl groups excluding tert-OH is 1. The van der Waals surface area contributed by atoms with Gasteiger partial charge in [-0.15, -0.1) is 0 Å². The molecule has 0 aromatic heterocycles. The lowest BCUT2D eigenvalue weighted by Gasteiger charge is -2.40. The van der Waals surface area contributed by atoms with E-state index < -0.39 is 53.6 Å².